The molecule has 3 nitrogen and oxygen atoms in total. The van der Waals surface area contributed by atoms with Crippen molar-refractivity contribution in [2.45, 2.75) is 33.1 Å². The predicted molar refractivity (Wildman–Crippen MR) is 122 cm³/mol. The van der Waals surface area contributed by atoms with Crippen LogP contribution in [0.2, 0.25) is 0 Å². The predicted octanol–water partition coefficient (Wildman–Crippen LogP) is 6.97. The molecule has 0 saturated carbocycles. The fraction of sp³-hybridized carbons (Fsp3) is 0.185. The number of aromatic nitrogens is 2. The fourth-order valence-electron chi connectivity index (χ4n) is 5.02. The quantitative estimate of drug-likeness (QED) is 0.310. The summed E-state index contributed by atoms with van der Waals surface area (Å²) in [7, 11) is 0. The Morgan fingerprint density at radius 2 is 1.60 bits per heavy atom. The first-order valence-electron chi connectivity index (χ1n) is 10.3. The van der Waals surface area contributed by atoms with E-state index in [9.17, 15) is 0 Å². The molecule has 146 valence electrons. The molecule has 1 aliphatic rings. The normalized spacial score (nSPS) is 14.3. The maximum absolute atomic E-state index is 6.69. The van der Waals surface area contributed by atoms with E-state index in [1.807, 2.05) is 18.5 Å². The van der Waals surface area contributed by atoms with Crippen LogP contribution in [0.3, 0.4) is 0 Å². The molecule has 3 heteroatoms. The van der Waals surface area contributed by atoms with E-state index in [2.05, 4.69) is 70.2 Å². The Morgan fingerprint density at radius 3 is 2.40 bits per heavy atom. The number of pyridine rings is 2. The number of hydrogen-bond acceptors (Lipinski definition) is 3. The Bertz CT molecular complexity index is 1470. The molecule has 1 aliphatic carbocycles. The van der Waals surface area contributed by atoms with Crippen LogP contribution < -0.4 is 0 Å². The van der Waals surface area contributed by atoms with Gasteiger partial charge in [0.05, 0.1) is 11.4 Å². The third-order valence-electron chi connectivity index (χ3n) is 6.50. The molecule has 5 aromatic rings. The molecule has 0 radical (unpaired) electrons. The molecular weight excluding hydrogens is 368 g/mol. The monoisotopic (exact) mass is 390 g/mol. The zero-order chi connectivity index (χ0) is 20.6. The third-order valence-corrected chi connectivity index (χ3v) is 6.50. The van der Waals surface area contributed by atoms with E-state index in [1.165, 1.54) is 22.3 Å². The Labute approximate surface area is 175 Å². The van der Waals surface area contributed by atoms with Crippen LogP contribution in [0, 0.1) is 13.8 Å². The Morgan fingerprint density at radius 1 is 0.800 bits per heavy atom. The van der Waals surface area contributed by atoms with Crippen molar-refractivity contribution in [3.8, 4) is 22.4 Å². The SMILES string of the molecule is Cc1ccc(-c2c(C)ccc3c2oc2c4c(ccc23)-c2cccnc2C4(C)C)nc1. The summed E-state index contributed by atoms with van der Waals surface area (Å²) in [4.78, 5) is 9.42. The molecule has 2 aromatic carbocycles. The minimum absolute atomic E-state index is 0.212. The fourth-order valence-corrected chi connectivity index (χ4v) is 5.02. The largest absolute Gasteiger partial charge is 0.455 e. The van der Waals surface area contributed by atoms with Gasteiger partial charge in [-0.3, -0.25) is 9.97 Å². The summed E-state index contributed by atoms with van der Waals surface area (Å²) in [5, 5.41) is 2.29. The van der Waals surface area contributed by atoms with Crippen molar-refractivity contribution in [2.24, 2.45) is 0 Å². The molecule has 0 atom stereocenters. The maximum atomic E-state index is 6.69. The highest BCUT2D eigenvalue weighted by molar-refractivity contribution is 6.12. The van der Waals surface area contributed by atoms with Gasteiger partial charge in [0.25, 0.3) is 0 Å². The second kappa shape index (κ2) is 5.79. The summed E-state index contributed by atoms with van der Waals surface area (Å²) >= 11 is 0. The molecule has 6 rings (SSSR count). The van der Waals surface area contributed by atoms with Gasteiger partial charge in [-0.1, -0.05) is 30.3 Å². The summed E-state index contributed by atoms with van der Waals surface area (Å²) in [5.74, 6) is 0. The molecule has 0 amide bonds. The molecule has 0 aliphatic heterocycles. The van der Waals surface area contributed by atoms with Gasteiger partial charge in [-0.15, -0.1) is 0 Å². The van der Waals surface area contributed by atoms with E-state index in [-0.39, 0.29) is 5.41 Å². The summed E-state index contributed by atoms with van der Waals surface area (Å²) in [6.45, 7) is 8.66. The standard InChI is InChI=1S/C27H22N2O/c1-15-7-12-21(29-14-15)22-16(2)8-9-18-19-11-10-17-20-6-5-13-28-26(20)27(3,4)23(17)25(19)30-24(18)22/h5-14H,1-4H3. The molecule has 0 unspecified atom stereocenters. The zero-order valence-electron chi connectivity index (χ0n) is 17.6. The first kappa shape index (κ1) is 17.4. The van der Waals surface area contributed by atoms with E-state index in [4.69, 9.17) is 14.4 Å². The van der Waals surface area contributed by atoms with Crippen LogP contribution in [0.15, 0.2) is 65.3 Å². The lowest BCUT2D eigenvalue weighted by molar-refractivity contribution is 0.608. The van der Waals surface area contributed by atoms with Gasteiger partial charge in [0.1, 0.15) is 11.2 Å². The number of furan rings is 1. The van der Waals surface area contributed by atoms with Gasteiger partial charge in [-0.25, -0.2) is 0 Å². The number of nitrogens with zero attached hydrogens (tertiary/aromatic N) is 2. The Kier molecular flexibility index (Phi) is 3.36. The molecule has 0 bridgehead atoms. The zero-order valence-corrected chi connectivity index (χ0v) is 17.6. The lowest BCUT2D eigenvalue weighted by Gasteiger charge is -2.20. The van der Waals surface area contributed by atoms with Gasteiger partial charge < -0.3 is 4.42 Å². The molecule has 0 saturated heterocycles. The summed E-state index contributed by atoms with van der Waals surface area (Å²) in [5.41, 5.74) is 10.8. The molecule has 0 spiro atoms. The summed E-state index contributed by atoms with van der Waals surface area (Å²) in [6, 6.07) is 17.1. The smallest absolute Gasteiger partial charge is 0.145 e. The number of aryl methyl sites for hydroxylation is 2. The second-order valence-electron chi connectivity index (χ2n) is 8.85. The van der Waals surface area contributed by atoms with Crippen LogP contribution in [0.4, 0.5) is 0 Å². The van der Waals surface area contributed by atoms with Crippen LogP contribution in [0.25, 0.3) is 44.3 Å². The lowest BCUT2D eigenvalue weighted by Crippen LogP contribution is -2.16. The van der Waals surface area contributed by atoms with E-state index in [1.54, 1.807) is 0 Å². The van der Waals surface area contributed by atoms with Crippen LogP contribution in [0.5, 0.6) is 0 Å². The number of fused-ring (bicyclic) bond motifs is 7. The van der Waals surface area contributed by atoms with Crippen molar-refractivity contribution in [2.75, 3.05) is 0 Å². The second-order valence-corrected chi connectivity index (χ2v) is 8.85. The maximum Gasteiger partial charge on any atom is 0.145 e. The van der Waals surface area contributed by atoms with Crippen LogP contribution in [0.1, 0.15) is 36.2 Å². The van der Waals surface area contributed by atoms with E-state index in [0.717, 1.165) is 44.5 Å². The molecule has 0 fully saturated rings. The van der Waals surface area contributed by atoms with E-state index in [0.29, 0.717) is 0 Å². The van der Waals surface area contributed by atoms with Crippen molar-refractivity contribution in [1.29, 1.82) is 0 Å². The van der Waals surface area contributed by atoms with Crippen LogP contribution in [-0.2, 0) is 5.41 Å². The summed E-state index contributed by atoms with van der Waals surface area (Å²) < 4.78 is 6.69. The van der Waals surface area contributed by atoms with Crippen molar-refractivity contribution < 1.29 is 4.42 Å². The average molecular weight is 390 g/mol. The number of hydrogen-bond donors (Lipinski definition) is 0. The lowest BCUT2D eigenvalue weighted by atomic mass is 9.84. The average Bonchev–Trinajstić information content (AvgIpc) is 3.22. The van der Waals surface area contributed by atoms with Gasteiger partial charge in [-0.2, -0.15) is 0 Å². The first-order valence-corrected chi connectivity index (χ1v) is 10.3. The Balaban J connectivity index is 1.72. The highest BCUT2D eigenvalue weighted by Crippen LogP contribution is 2.52. The molecule has 3 heterocycles. The van der Waals surface area contributed by atoms with Gasteiger partial charge >= 0.3 is 0 Å². The third kappa shape index (κ3) is 2.15. The molecule has 0 N–H and O–H groups in total. The molecule has 3 aromatic heterocycles. The van der Waals surface area contributed by atoms with Crippen LogP contribution in [-0.4, -0.2) is 9.97 Å². The van der Waals surface area contributed by atoms with Crippen molar-refractivity contribution in [1.82, 2.24) is 9.97 Å². The number of benzene rings is 2. The first-order chi connectivity index (χ1) is 14.5. The topological polar surface area (TPSA) is 38.9 Å². The minimum atomic E-state index is -0.212. The highest BCUT2D eigenvalue weighted by atomic mass is 16.3. The van der Waals surface area contributed by atoms with Gasteiger partial charge in [0.15, 0.2) is 0 Å². The highest BCUT2D eigenvalue weighted by Gasteiger charge is 2.39. The van der Waals surface area contributed by atoms with E-state index < -0.39 is 0 Å². The molecular formula is C27H22N2O. The van der Waals surface area contributed by atoms with Gasteiger partial charge in [0, 0.05) is 45.3 Å². The number of rotatable bonds is 1. The van der Waals surface area contributed by atoms with Crippen molar-refractivity contribution in [3.05, 3.63) is 83.3 Å². The van der Waals surface area contributed by atoms with E-state index >= 15 is 0 Å². The van der Waals surface area contributed by atoms with Crippen LogP contribution >= 0.6 is 0 Å². The molecule has 30 heavy (non-hydrogen) atoms. The van der Waals surface area contributed by atoms with Gasteiger partial charge in [-0.05, 0) is 62.6 Å². The van der Waals surface area contributed by atoms with Crippen molar-refractivity contribution in [3.63, 3.8) is 0 Å². The Hall–Kier alpha value is -3.46. The summed E-state index contributed by atoms with van der Waals surface area (Å²) in [6.07, 6.45) is 3.80. The van der Waals surface area contributed by atoms with Gasteiger partial charge in [0.2, 0.25) is 0 Å². The minimum Gasteiger partial charge on any atom is -0.455 e. The van der Waals surface area contributed by atoms with Crippen molar-refractivity contribution >= 4 is 21.9 Å².